The number of methoxy groups -OCH3 is 1. The Hall–Kier alpha value is -2.55. The van der Waals surface area contributed by atoms with Gasteiger partial charge < -0.3 is 9.47 Å². The van der Waals surface area contributed by atoms with Crippen LogP contribution in [0.15, 0.2) is 35.3 Å². The van der Waals surface area contributed by atoms with Gasteiger partial charge in [-0.2, -0.15) is 5.10 Å². The van der Waals surface area contributed by atoms with Gasteiger partial charge in [0.2, 0.25) is 0 Å². The first-order valence-corrected chi connectivity index (χ1v) is 10.6. The van der Waals surface area contributed by atoms with Crippen LogP contribution in [-0.4, -0.2) is 51.1 Å². The highest BCUT2D eigenvalue weighted by Crippen LogP contribution is 2.33. The summed E-state index contributed by atoms with van der Waals surface area (Å²) in [5.41, 5.74) is 3.13. The van der Waals surface area contributed by atoms with Gasteiger partial charge in [0.15, 0.2) is 0 Å². The Morgan fingerprint density at radius 1 is 1.27 bits per heavy atom. The molecular weight excluding hydrogens is 382 g/mol. The van der Waals surface area contributed by atoms with Gasteiger partial charge in [0.25, 0.3) is 5.56 Å². The first kappa shape index (κ1) is 19.4. The molecule has 8 heteroatoms. The van der Waals surface area contributed by atoms with E-state index in [2.05, 4.69) is 10.00 Å². The zero-order chi connectivity index (χ0) is 20.5. The second kappa shape index (κ2) is 8.29. The van der Waals surface area contributed by atoms with Crippen LogP contribution in [-0.2, 0) is 35.7 Å². The summed E-state index contributed by atoms with van der Waals surface area (Å²) in [7, 11) is 1.66. The van der Waals surface area contributed by atoms with Gasteiger partial charge in [0.05, 0.1) is 61.7 Å². The molecule has 0 aliphatic carbocycles. The molecule has 0 amide bonds. The van der Waals surface area contributed by atoms with Gasteiger partial charge >= 0.3 is 0 Å². The van der Waals surface area contributed by atoms with Crippen molar-refractivity contribution in [1.82, 2.24) is 24.2 Å². The molecule has 1 atom stereocenters. The standard InChI is InChI=1S/C22H27N5O3/c1-29-11-9-26-21(24-18-6-3-2-5-17(18)22(26)28)19-7-4-8-25(19)14-16-13-23-27-10-12-30-15-20(16)27/h2-3,5-6,13,19H,4,7-12,14-15H2,1H3. The summed E-state index contributed by atoms with van der Waals surface area (Å²) in [5.74, 6) is 0.838. The Morgan fingerprint density at radius 2 is 2.17 bits per heavy atom. The van der Waals surface area contributed by atoms with Crippen molar-refractivity contribution in [2.24, 2.45) is 0 Å². The van der Waals surface area contributed by atoms with E-state index in [0.717, 1.165) is 49.5 Å². The molecule has 2 aliphatic rings. The average Bonchev–Trinajstić information content (AvgIpc) is 3.41. The molecule has 8 nitrogen and oxygen atoms in total. The van der Waals surface area contributed by atoms with Crippen LogP contribution in [0.5, 0.6) is 0 Å². The van der Waals surface area contributed by atoms with Crippen molar-refractivity contribution in [2.75, 3.05) is 26.9 Å². The predicted molar refractivity (Wildman–Crippen MR) is 112 cm³/mol. The maximum absolute atomic E-state index is 13.2. The Bertz CT molecular complexity index is 1110. The average molecular weight is 409 g/mol. The first-order chi connectivity index (χ1) is 14.8. The van der Waals surface area contributed by atoms with E-state index < -0.39 is 0 Å². The molecular formula is C22H27N5O3. The van der Waals surface area contributed by atoms with E-state index in [1.807, 2.05) is 39.7 Å². The third-order valence-corrected chi connectivity index (χ3v) is 6.17. The fourth-order valence-corrected chi connectivity index (χ4v) is 4.63. The van der Waals surface area contributed by atoms with Crippen LogP contribution in [0.3, 0.4) is 0 Å². The summed E-state index contributed by atoms with van der Waals surface area (Å²) in [6.45, 7) is 4.88. The molecule has 0 saturated carbocycles. The van der Waals surface area contributed by atoms with Crippen LogP contribution in [0.4, 0.5) is 0 Å². The highest BCUT2D eigenvalue weighted by Gasteiger charge is 2.31. The van der Waals surface area contributed by atoms with Gasteiger partial charge in [-0.1, -0.05) is 12.1 Å². The summed E-state index contributed by atoms with van der Waals surface area (Å²) >= 11 is 0. The van der Waals surface area contributed by atoms with Crippen LogP contribution >= 0.6 is 0 Å². The predicted octanol–water partition coefficient (Wildman–Crippen LogP) is 2.11. The van der Waals surface area contributed by atoms with Crippen LogP contribution < -0.4 is 5.56 Å². The number of para-hydroxylation sites is 1. The zero-order valence-corrected chi connectivity index (χ0v) is 17.3. The van der Waals surface area contributed by atoms with Crippen LogP contribution in [0.2, 0.25) is 0 Å². The Morgan fingerprint density at radius 3 is 3.07 bits per heavy atom. The lowest BCUT2D eigenvalue weighted by Gasteiger charge is -2.27. The Balaban J connectivity index is 1.52. The zero-order valence-electron chi connectivity index (χ0n) is 17.3. The van der Waals surface area contributed by atoms with Crippen molar-refractivity contribution in [3.05, 3.63) is 57.9 Å². The second-order valence-electron chi connectivity index (χ2n) is 7.96. The van der Waals surface area contributed by atoms with Crippen molar-refractivity contribution in [1.29, 1.82) is 0 Å². The van der Waals surface area contributed by atoms with Crippen molar-refractivity contribution in [3.63, 3.8) is 0 Å². The number of likely N-dealkylation sites (tertiary alicyclic amines) is 1. The molecule has 1 saturated heterocycles. The highest BCUT2D eigenvalue weighted by molar-refractivity contribution is 5.77. The van der Waals surface area contributed by atoms with Gasteiger partial charge in [-0.15, -0.1) is 0 Å². The SMILES string of the molecule is COCCn1c(C2CCCN2Cc2cnn3c2COCC3)nc2ccccc2c1=O. The molecule has 0 bridgehead atoms. The molecule has 158 valence electrons. The summed E-state index contributed by atoms with van der Waals surface area (Å²) < 4.78 is 14.8. The highest BCUT2D eigenvalue weighted by atomic mass is 16.5. The number of ether oxygens (including phenoxy) is 2. The van der Waals surface area contributed by atoms with Gasteiger partial charge in [0, 0.05) is 19.2 Å². The van der Waals surface area contributed by atoms with Crippen LogP contribution in [0.25, 0.3) is 10.9 Å². The topological polar surface area (TPSA) is 74.4 Å². The van der Waals surface area contributed by atoms with E-state index in [4.69, 9.17) is 14.5 Å². The molecule has 4 heterocycles. The Kier molecular flexibility index (Phi) is 5.37. The van der Waals surface area contributed by atoms with Crippen molar-refractivity contribution >= 4 is 10.9 Å². The minimum atomic E-state index is 0.0100. The monoisotopic (exact) mass is 409 g/mol. The molecule has 0 N–H and O–H groups in total. The van der Waals surface area contributed by atoms with Crippen molar-refractivity contribution in [3.8, 4) is 0 Å². The van der Waals surface area contributed by atoms with E-state index in [1.165, 1.54) is 5.56 Å². The molecule has 1 unspecified atom stereocenters. The fourth-order valence-electron chi connectivity index (χ4n) is 4.63. The molecule has 2 aromatic heterocycles. The number of aromatic nitrogens is 4. The minimum Gasteiger partial charge on any atom is -0.383 e. The van der Waals surface area contributed by atoms with Crippen LogP contribution in [0, 0.1) is 0 Å². The lowest BCUT2D eigenvalue weighted by molar-refractivity contribution is 0.0785. The second-order valence-corrected chi connectivity index (χ2v) is 7.96. The number of hydrogen-bond acceptors (Lipinski definition) is 6. The van der Waals surface area contributed by atoms with Gasteiger partial charge in [0.1, 0.15) is 5.82 Å². The van der Waals surface area contributed by atoms with E-state index in [0.29, 0.717) is 31.8 Å². The largest absolute Gasteiger partial charge is 0.383 e. The molecule has 1 fully saturated rings. The van der Waals surface area contributed by atoms with Crippen molar-refractivity contribution in [2.45, 2.75) is 45.1 Å². The number of rotatable bonds is 6. The molecule has 0 radical (unpaired) electrons. The molecule has 3 aromatic rings. The molecule has 30 heavy (non-hydrogen) atoms. The number of benzene rings is 1. The lowest BCUT2D eigenvalue weighted by Crippen LogP contribution is -2.33. The molecule has 1 aromatic carbocycles. The quantitative estimate of drug-likeness (QED) is 0.621. The van der Waals surface area contributed by atoms with Gasteiger partial charge in [-0.3, -0.25) is 18.9 Å². The van der Waals surface area contributed by atoms with Gasteiger partial charge in [-0.25, -0.2) is 4.98 Å². The summed E-state index contributed by atoms with van der Waals surface area (Å²) in [5, 5.41) is 5.19. The number of fused-ring (bicyclic) bond motifs is 2. The number of nitrogens with zero attached hydrogens (tertiary/aromatic N) is 5. The first-order valence-electron chi connectivity index (χ1n) is 10.6. The van der Waals surface area contributed by atoms with E-state index >= 15 is 0 Å². The maximum Gasteiger partial charge on any atom is 0.261 e. The lowest BCUT2D eigenvalue weighted by atomic mass is 10.1. The summed E-state index contributed by atoms with van der Waals surface area (Å²) in [6, 6.07) is 7.69. The molecule has 0 spiro atoms. The number of hydrogen-bond donors (Lipinski definition) is 0. The third-order valence-electron chi connectivity index (χ3n) is 6.17. The van der Waals surface area contributed by atoms with Crippen molar-refractivity contribution < 1.29 is 9.47 Å². The van der Waals surface area contributed by atoms with E-state index in [1.54, 1.807) is 7.11 Å². The molecule has 2 aliphatic heterocycles. The Labute approximate surface area is 175 Å². The fraction of sp³-hybridized carbons (Fsp3) is 0.500. The maximum atomic E-state index is 13.2. The summed E-state index contributed by atoms with van der Waals surface area (Å²) in [6.07, 6.45) is 4.03. The van der Waals surface area contributed by atoms with E-state index in [-0.39, 0.29) is 11.6 Å². The van der Waals surface area contributed by atoms with Gasteiger partial charge in [-0.05, 0) is 31.5 Å². The normalized spacial score (nSPS) is 19.4. The smallest absolute Gasteiger partial charge is 0.261 e. The molecule has 5 rings (SSSR count). The minimum absolute atomic E-state index is 0.0100. The summed E-state index contributed by atoms with van der Waals surface area (Å²) in [4.78, 5) is 20.6. The van der Waals surface area contributed by atoms with E-state index in [9.17, 15) is 4.79 Å². The van der Waals surface area contributed by atoms with Crippen LogP contribution in [0.1, 0.15) is 36.0 Å². The third kappa shape index (κ3) is 3.45.